The van der Waals surface area contributed by atoms with Crippen LogP contribution < -0.4 is 5.32 Å². The molecule has 0 aliphatic rings. The SMILES string of the molecule is CC/C=C\C/C=C\C/C=C\C/C=C\C/C=C\C/C=C\C/C=C\CCCCCCCC(=O)NC(CO)C(O)CCCCCC. The average Bonchev–Trinajstić information content (AvgIpc) is 3.01. The highest BCUT2D eigenvalue weighted by Gasteiger charge is 2.19. The number of nitrogens with one attached hydrogen (secondary N) is 1. The lowest BCUT2D eigenvalue weighted by Crippen LogP contribution is -2.45. The molecule has 0 aliphatic heterocycles. The van der Waals surface area contributed by atoms with Gasteiger partial charge in [-0.25, -0.2) is 0 Å². The van der Waals surface area contributed by atoms with E-state index in [2.05, 4.69) is 104 Å². The molecule has 0 fully saturated rings. The van der Waals surface area contributed by atoms with Gasteiger partial charge in [0, 0.05) is 6.42 Å². The summed E-state index contributed by atoms with van der Waals surface area (Å²) in [5.74, 6) is -0.0657. The minimum atomic E-state index is -0.668. The molecule has 0 aromatic heterocycles. The van der Waals surface area contributed by atoms with Crippen LogP contribution in [-0.4, -0.2) is 34.9 Å². The summed E-state index contributed by atoms with van der Waals surface area (Å²) < 4.78 is 0. The third-order valence-electron chi connectivity index (χ3n) is 7.17. The molecule has 0 aliphatic carbocycles. The van der Waals surface area contributed by atoms with Crippen molar-refractivity contribution in [2.45, 2.75) is 148 Å². The first-order valence-electron chi connectivity index (χ1n) is 17.3. The minimum absolute atomic E-state index is 0.0657. The maximum absolute atomic E-state index is 12.2. The highest BCUT2D eigenvalue weighted by molar-refractivity contribution is 5.76. The van der Waals surface area contributed by atoms with Gasteiger partial charge in [0.1, 0.15) is 0 Å². The monoisotopic (exact) mass is 595 g/mol. The summed E-state index contributed by atoms with van der Waals surface area (Å²) in [6, 6.07) is -0.547. The van der Waals surface area contributed by atoms with Crippen molar-refractivity contribution in [3.63, 3.8) is 0 Å². The van der Waals surface area contributed by atoms with Crippen molar-refractivity contribution in [3.05, 3.63) is 85.1 Å². The number of aliphatic hydroxyl groups is 2. The van der Waals surface area contributed by atoms with E-state index in [0.717, 1.165) is 96.3 Å². The highest BCUT2D eigenvalue weighted by Crippen LogP contribution is 2.10. The normalized spacial score (nSPS) is 14.2. The summed E-state index contributed by atoms with van der Waals surface area (Å²) >= 11 is 0. The van der Waals surface area contributed by atoms with Crippen LogP contribution in [-0.2, 0) is 4.79 Å². The Morgan fingerprint density at radius 1 is 0.581 bits per heavy atom. The topological polar surface area (TPSA) is 69.6 Å². The Morgan fingerprint density at radius 3 is 1.51 bits per heavy atom. The molecule has 0 aromatic rings. The van der Waals surface area contributed by atoms with E-state index in [4.69, 9.17) is 0 Å². The van der Waals surface area contributed by atoms with Gasteiger partial charge in [0.25, 0.3) is 0 Å². The Balaban J connectivity index is 3.64. The van der Waals surface area contributed by atoms with Crippen LogP contribution in [0.4, 0.5) is 0 Å². The van der Waals surface area contributed by atoms with Gasteiger partial charge in [-0.05, 0) is 70.6 Å². The fourth-order valence-electron chi connectivity index (χ4n) is 4.51. The van der Waals surface area contributed by atoms with E-state index in [1.54, 1.807) is 0 Å². The Bertz CT molecular complexity index is 818. The van der Waals surface area contributed by atoms with E-state index in [9.17, 15) is 15.0 Å². The first kappa shape index (κ1) is 40.6. The van der Waals surface area contributed by atoms with Crippen LogP contribution in [0.15, 0.2) is 85.1 Å². The standard InChI is InChI=1S/C39H65NO3/c1-3-5-7-9-10-11-12-13-14-15-16-17-18-19-20-21-22-23-24-25-26-27-28-29-30-31-33-35-39(43)40-37(36-41)38(42)34-32-8-6-4-2/h5,7,10-11,13-14,16-17,19-20,22-23,25-26,37-38,41-42H,3-4,6,8-9,12,15,18,21,24,27-36H2,1-2H3,(H,40,43)/b7-5-,11-10-,14-13-,17-16-,20-19-,23-22-,26-25-. The smallest absolute Gasteiger partial charge is 0.220 e. The molecule has 0 heterocycles. The number of aliphatic hydroxyl groups excluding tert-OH is 2. The zero-order valence-corrected chi connectivity index (χ0v) is 27.7. The molecule has 0 radical (unpaired) electrons. The zero-order chi connectivity index (χ0) is 31.5. The van der Waals surface area contributed by atoms with E-state index < -0.39 is 12.1 Å². The molecule has 1 amide bonds. The summed E-state index contributed by atoms with van der Waals surface area (Å²) in [5, 5.41) is 22.6. The number of amides is 1. The van der Waals surface area contributed by atoms with Crippen LogP contribution in [0.1, 0.15) is 136 Å². The van der Waals surface area contributed by atoms with E-state index in [1.165, 1.54) is 12.8 Å². The first-order valence-corrected chi connectivity index (χ1v) is 17.3. The molecule has 43 heavy (non-hydrogen) atoms. The number of carbonyl (C=O) groups excluding carboxylic acids is 1. The van der Waals surface area contributed by atoms with Gasteiger partial charge >= 0.3 is 0 Å². The second-order valence-corrected chi connectivity index (χ2v) is 11.2. The fraction of sp³-hybridized carbons (Fsp3) is 0.615. The maximum atomic E-state index is 12.2. The second kappa shape index (κ2) is 34.1. The van der Waals surface area contributed by atoms with Gasteiger partial charge < -0.3 is 15.5 Å². The molecule has 0 rings (SSSR count). The molecule has 0 spiro atoms. The Hall–Kier alpha value is -2.43. The van der Waals surface area contributed by atoms with Gasteiger partial charge in [0.2, 0.25) is 5.91 Å². The molecule has 2 unspecified atom stereocenters. The van der Waals surface area contributed by atoms with Crippen LogP contribution in [0.5, 0.6) is 0 Å². The van der Waals surface area contributed by atoms with Crippen molar-refractivity contribution in [1.29, 1.82) is 0 Å². The summed E-state index contributed by atoms with van der Waals surface area (Å²) in [6.07, 6.45) is 49.6. The van der Waals surface area contributed by atoms with Gasteiger partial charge in [0.05, 0.1) is 18.8 Å². The molecule has 0 aromatic carbocycles. The molecule has 2 atom stereocenters. The van der Waals surface area contributed by atoms with Crippen molar-refractivity contribution in [2.75, 3.05) is 6.61 Å². The lowest BCUT2D eigenvalue weighted by Gasteiger charge is -2.22. The lowest BCUT2D eigenvalue weighted by atomic mass is 10.0. The van der Waals surface area contributed by atoms with Gasteiger partial charge in [-0.15, -0.1) is 0 Å². The van der Waals surface area contributed by atoms with E-state index in [1.807, 2.05) is 0 Å². The van der Waals surface area contributed by atoms with Gasteiger partial charge in [-0.2, -0.15) is 0 Å². The third kappa shape index (κ3) is 30.8. The fourth-order valence-corrected chi connectivity index (χ4v) is 4.51. The molecule has 4 heteroatoms. The van der Waals surface area contributed by atoms with Crippen molar-refractivity contribution < 1.29 is 15.0 Å². The Morgan fingerprint density at radius 2 is 1.02 bits per heavy atom. The van der Waals surface area contributed by atoms with Crippen molar-refractivity contribution in [1.82, 2.24) is 5.32 Å². The molecular formula is C39H65NO3. The van der Waals surface area contributed by atoms with Crippen molar-refractivity contribution in [3.8, 4) is 0 Å². The molecule has 3 N–H and O–H groups in total. The van der Waals surface area contributed by atoms with Crippen molar-refractivity contribution >= 4 is 5.91 Å². The Labute approximate surface area is 265 Å². The number of hydrogen-bond acceptors (Lipinski definition) is 3. The highest BCUT2D eigenvalue weighted by atomic mass is 16.3. The largest absolute Gasteiger partial charge is 0.394 e. The first-order chi connectivity index (χ1) is 21.2. The maximum Gasteiger partial charge on any atom is 0.220 e. The predicted octanol–water partition coefficient (Wildman–Crippen LogP) is 10.2. The minimum Gasteiger partial charge on any atom is -0.394 e. The summed E-state index contributed by atoms with van der Waals surface area (Å²) in [7, 11) is 0. The summed E-state index contributed by atoms with van der Waals surface area (Å²) in [5.41, 5.74) is 0. The van der Waals surface area contributed by atoms with Crippen LogP contribution in [0.3, 0.4) is 0 Å². The zero-order valence-electron chi connectivity index (χ0n) is 27.7. The molecule has 0 saturated heterocycles. The van der Waals surface area contributed by atoms with E-state index in [0.29, 0.717) is 12.8 Å². The lowest BCUT2D eigenvalue weighted by molar-refractivity contribution is -0.123. The average molecular weight is 596 g/mol. The number of unbranched alkanes of at least 4 members (excludes halogenated alkanes) is 8. The van der Waals surface area contributed by atoms with Crippen molar-refractivity contribution in [2.24, 2.45) is 0 Å². The van der Waals surface area contributed by atoms with Gasteiger partial charge in [-0.1, -0.05) is 144 Å². The van der Waals surface area contributed by atoms with Gasteiger partial charge in [-0.3, -0.25) is 4.79 Å². The van der Waals surface area contributed by atoms with E-state index in [-0.39, 0.29) is 12.5 Å². The van der Waals surface area contributed by atoms with E-state index >= 15 is 0 Å². The third-order valence-corrected chi connectivity index (χ3v) is 7.17. The predicted molar refractivity (Wildman–Crippen MR) is 188 cm³/mol. The molecule has 0 saturated carbocycles. The number of hydrogen-bond donors (Lipinski definition) is 3. The molecular weight excluding hydrogens is 530 g/mol. The Kier molecular flexibility index (Phi) is 32.1. The number of allylic oxidation sites excluding steroid dienone is 14. The van der Waals surface area contributed by atoms with Gasteiger partial charge in [0.15, 0.2) is 0 Å². The summed E-state index contributed by atoms with van der Waals surface area (Å²) in [4.78, 5) is 12.2. The van der Waals surface area contributed by atoms with Crippen LogP contribution in [0, 0.1) is 0 Å². The molecule has 4 nitrogen and oxygen atoms in total. The number of carbonyl (C=O) groups is 1. The molecule has 0 bridgehead atoms. The van der Waals surface area contributed by atoms with Crippen LogP contribution >= 0.6 is 0 Å². The molecule has 244 valence electrons. The van der Waals surface area contributed by atoms with Crippen LogP contribution in [0.25, 0.3) is 0 Å². The quantitative estimate of drug-likeness (QED) is 0.0595. The summed E-state index contributed by atoms with van der Waals surface area (Å²) in [6.45, 7) is 4.10. The van der Waals surface area contributed by atoms with Crippen LogP contribution in [0.2, 0.25) is 0 Å². The second-order valence-electron chi connectivity index (χ2n) is 11.2. The number of rotatable bonds is 29.